The van der Waals surface area contributed by atoms with Gasteiger partial charge in [-0.1, -0.05) is 11.8 Å². The fourth-order valence-corrected chi connectivity index (χ4v) is 3.09. The zero-order chi connectivity index (χ0) is 14.7. The fourth-order valence-electron chi connectivity index (χ4n) is 1.95. The molecule has 0 radical (unpaired) electrons. The van der Waals surface area contributed by atoms with Crippen LogP contribution in [0.4, 0.5) is 0 Å². The van der Waals surface area contributed by atoms with Crippen molar-refractivity contribution in [3.8, 4) is 0 Å². The van der Waals surface area contributed by atoms with Crippen molar-refractivity contribution in [1.29, 1.82) is 0 Å². The first-order valence-electron chi connectivity index (χ1n) is 6.48. The fraction of sp³-hybridized carbons (Fsp3) is 0.538. The van der Waals surface area contributed by atoms with Crippen LogP contribution in [0.3, 0.4) is 0 Å². The average Bonchev–Trinajstić information content (AvgIpc) is 2.69. The summed E-state index contributed by atoms with van der Waals surface area (Å²) < 4.78 is 0. The molecule has 0 spiro atoms. The van der Waals surface area contributed by atoms with E-state index in [1.165, 1.54) is 11.8 Å². The number of hydroxylamine groups is 1. The molecule has 2 rings (SSSR count). The third kappa shape index (κ3) is 3.16. The third-order valence-electron chi connectivity index (χ3n) is 3.12. The molecule has 1 unspecified atom stereocenters. The van der Waals surface area contributed by atoms with Crippen molar-refractivity contribution in [3.63, 3.8) is 0 Å². The van der Waals surface area contributed by atoms with Crippen molar-refractivity contribution in [1.82, 2.24) is 5.48 Å². The molecule has 1 atom stereocenters. The predicted octanol–water partition coefficient (Wildman–Crippen LogP) is 1.83. The minimum atomic E-state index is -0.305. The Kier molecular flexibility index (Phi) is 4.72. The number of nitrogens with one attached hydrogen (secondary N) is 1. The van der Waals surface area contributed by atoms with Gasteiger partial charge in [-0.15, -0.1) is 0 Å². The van der Waals surface area contributed by atoms with Gasteiger partial charge < -0.3 is 0 Å². The highest BCUT2D eigenvalue weighted by molar-refractivity contribution is 8.17. The Morgan fingerprint density at radius 3 is 2.85 bits per heavy atom. The van der Waals surface area contributed by atoms with Crippen LogP contribution < -0.4 is 5.48 Å². The summed E-state index contributed by atoms with van der Waals surface area (Å²) in [4.78, 5) is 37.7. The second-order valence-electron chi connectivity index (χ2n) is 4.55. The number of hydrogen-bond acceptors (Lipinski definition) is 5. The summed E-state index contributed by atoms with van der Waals surface area (Å²) in [6.45, 7) is 6.11. The van der Waals surface area contributed by atoms with Crippen LogP contribution in [0.1, 0.15) is 33.6 Å². The van der Waals surface area contributed by atoms with Crippen LogP contribution in [0.15, 0.2) is 20.5 Å². The molecular formula is C13H17N3O3S. The topological polar surface area (TPSA) is 80.1 Å². The maximum absolute atomic E-state index is 12.0. The van der Waals surface area contributed by atoms with E-state index in [0.29, 0.717) is 18.9 Å². The molecule has 7 heteroatoms. The largest absolute Gasteiger partial charge is 0.274 e. The molecule has 20 heavy (non-hydrogen) atoms. The number of hydrogen-bond donors (Lipinski definition) is 1. The maximum atomic E-state index is 12.0. The van der Waals surface area contributed by atoms with E-state index in [9.17, 15) is 9.59 Å². The number of thioether (sulfide) groups is 1. The molecule has 2 aliphatic heterocycles. The predicted molar refractivity (Wildman–Crippen MR) is 78.3 cm³/mol. The molecule has 0 aliphatic carbocycles. The van der Waals surface area contributed by atoms with Gasteiger partial charge in [0.2, 0.25) is 5.91 Å². The van der Waals surface area contributed by atoms with Crippen molar-refractivity contribution in [3.05, 3.63) is 10.5 Å². The molecule has 2 aliphatic rings. The minimum Gasteiger partial charge on any atom is -0.274 e. The van der Waals surface area contributed by atoms with Crippen molar-refractivity contribution in [2.45, 2.75) is 33.6 Å². The highest BCUT2D eigenvalue weighted by atomic mass is 32.2. The second kappa shape index (κ2) is 6.32. The molecule has 0 aromatic rings. The number of amidine groups is 1. The molecule has 0 aromatic heterocycles. The van der Waals surface area contributed by atoms with Crippen LogP contribution in [0.25, 0.3) is 0 Å². The summed E-state index contributed by atoms with van der Waals surface area (Å²) in [5.74, 6) is -0.310. The molecule has 1 N–H and O–H groups in total. The normalized spacial score (nSPS) is 21.6. The van der Waals surface area contributed by atoms with Crippen molar-refractivity contribution >= 4 is 34.5 Å². The summed E-state index contributed by atoms with van der Waals surface area (Å²) >= 11 is 1.52. The Morgan fingerprint density at radius 1 is 1.40 bits per heavy atom. The monoisotopic (exact) mass is 295 g/mol. The van der Waals surface area contributed by atoms with Crippen molar-refractivity contribution in [2.75, 3.05) is 6.61 Å². The van der Waals surface area contributed by atoms with Crippen LogP contribution >= 0.6 is 11.8 Å². The first-order valence-corrected chi connectivity index (χ1v) is 7.30. The van der Waals surface area contributed by atoms with Crippen LogP contribution in [0, 0.1) is 5.92 Å². The number of carbonyl (C=O) groups is 2. The summed E-state index contributed by atoms with van der Waals surface area (Å²) in [5, 5.41) is 0.778. The number of carbonyl (C=O) groups excluding carboxylic acids is 2. The Bertz CT molecular complexity index is 537. The number of amides is 2. The van der Waals surface area contributed by atoms with E-state index in [-0.39, 0.29) is 24.2 Å². The first kappa shape index (κ1) is 14.9. The van der Waals surface area contributed by atoms with E-state index >= 15 is 0 Å². The molecule has 108 valence electrons. The summed E-state index contributed by atoms with van der Waals surface area (Å²) in [6.07, 6.45) is 0.531. The van der Waals surface area contributed by atoms with Crippen LogP contribution in [0.5, 0.6) is 0 Å². The van der Waals surface area contributed by atoms with Gasteiger partial charge in [-0.05, 0) is 31.2 Å². The van der Waals surface area contributed by atoms with Crippen molar-refractivity contribution in [2.24, 2.45) is 15.9 Å². The second-order valence-corrected chi connectivity index (χ2v) is 5.78. The first-order chi connectivity index (χ1) is 9.52. The average molecular weight is 295 g/mol. The smallest absolute Gasteiger partial charge is 0.261 e. The molecule has 2 heterocycles. The molecule has 0 aromatic carbocycles. The van der Waals surface area contributed by atoms with Crippen LogP contribution in [-0.4, -0.2) is 29.3 Å². The van der Waals surface area contributed by atoms with Crippen LogP contribution in [-0.2, 0) is 14.4 Å². The summed E-state index contributed by atoms with van der Waals surface area (Å²) in [5.41, 5.74) is 3.33. The van der Waals surface area contributed by atoms with Gasteiger partial charge in [0.25, 0.3) is 5.91 Å². The maximum Gasteiger partial charge on any atom is 0.261 e. The lowest BCUT2D eigenvalue weighted by Gasteiger charge is -2.14. The molecule has 0 fully saturated rings. The lowest BCUT2D eigenvalue weighted by Crippen LogP contribution is -2.27. The molecular weight excluding hydrogens is 278 g/mol. The number of nitrogens with zero attached hydrogens (tertiary/aromatic N) is 2. The van der Waals surface area contributed by atoms with E-state index < -0.39 is 0 Å². The number of aliphatic imine (C=N–C) groups is 2. The third-order valence-corrected chi connectivity index (χ3v) is 4.29. The number of rotatable bonds is 5. The van der Waals surface area contributed by atoms with E-state index in [1.807, 2.05) is 13.8 Å². The standard InChI is InChI=1S/C13H17N3O3S/c1-4-19-16-10(17)6-5-9-14-12(18)11-7(2)8(3)20-13(11)15-9/h11H,4-6H2,1-3H3,(H,16,17). The zero-order valence-electron chi connectivity index (χ0n) is 11.7. The lowest BCUT2D eigenvalue weighted by molar-refractivity contribution is -0.133. The Labute approximate surface area is 121 Å². The Hall–Kier alpha value is -1.47. The Balaban J connectivity index is 1.96. The van der Waals surface area contributed by atoms with E-state index in [2.05, 4.69) is 15.5 Å². The highest BCUT2D eigenvalue weighted by Crippen LogP contribution is 2.40. The molecule has 0 saturated heterocycles. The number of allylic oxidation sites excluding steroid dienone is 1. The molecule has 2 amide bonds. The summed E-state index contributed by atoms with van der Waals surface area (Å²) in [7, 11) is 0. The van der Waals surface area contributed by atoms with E-state index in [0.717, 1.165) is 15.5 Å². The van der Waals surface area contributed by atoms with E-state index in [4.69, 9.17) is 4.84 Å². The quantitative estimate of drug-likeness (QED) is 0.785. The van der Waals surface area contributed by atoms with Gasteiger partial charge in [-0.25, -0.2) is 10.5 Å². The molecule has 0 saturated carbocycles. The van der Waals surface area contributed by atoms with E-state index in [1.54, 1.807) is 6.92 Å². The van der Waals surface area contributed by atoms with Crippen molar-refractivity contribution < 1.29 is 14.4 Å². The molecule has 6 nitrogen and oxygen atoms in total. The Morgan fingerprint density at radius 2 is 2.15 bits per heavy atom. The SMILES string of the molecule is CCONC(=O)CCC1=NC(=O)C2C(=N1)SC(C)=C2C. The van der Waals surface area contributed by atoms with Gasteiger partial charge in [0.05, 0.1) is 11.7 Å². The molecule has 0 bridgehead atoms. The highest BCUT2D eigenvalue weighted by Gasteiger charge is 2.36. The zero-order valence-corrected chi connectivity index (χ0v) is 12.5. The van der Waals surface area contributed by atoms with Gasteiger partial charge >= 0.3 is 0 Å². The van der Waals surface area contributed by atoms with Gasteiger partial charge in [0.15, 0.2) is 0 Å². The summed E-state index contributed by atoms with van der Waals surface area (Å²) in [6, 6.07) is 0. The van der Waals surface area contributed by atoms with Gasteiger partial charge in [0.1, 0.15) is 11.8 Å². The van der Waals surface area contributed by atoms with Gasteiger partial charge in [-0.3, -0.25) is 14.4 Å². The van der Waals surface area contributed by atoms with Gasteiger partial charge in [-0.2, -0.15) is 4.99 Å². The number of fused-ring (bicyclic) bond motifs is 1. The minimum absolute atomic E-state index is 0.183. The van der Waals surface area contributed by atoms with Crippen LogP contribution in [0.2, 0.25) is 0 Å². The lowest BCUT2D eigenvalue weighted by atomic mass is 10.00. The van der Waals surface area contributed by atoms with Gasteiger partial charge in [0, 0.05) is 12.8 Å².